The van der Waals surface area contributed by atoms with Gasteiger partial charge in [0.1, 0.15) is 22.2 Å². The van der Waals surface area contributed by atoms with Gasteiger partial charge in [-0.05, 0) is 37.2 Å². The molecule has 2 rings (SSSR count). The lowest BCUT2D eigenvalue weighted by atomic mass is 10.2. The van der Waals surface area contributed by atoms with E-state index in [0.717, 1.165) is 34.4 Å². The van der Waals surface area contributed by atoms with Gasteiger partial charge in [-0.3, -0.25) is 0 Å². The molecule has 0 radical (unpaired) electrons. The monoisotopic (exact) mass is 294 g/mol. The molecular weight excluding hydrogens is 280 g/mol. The first-order chi connectivity index (χ1) is 9.24. The van der Waals surface area contributed by atoms with Crippen molar-refractivity contribution in [2.45, 2.75) is 30.3 Å². The summed E-state index contributed by atoms with van der Waals surface area (Å²) in [5.41, 5.74) is 1.12. The van der Waals surface area contributed by atoms with Gasteiger partial charge >= 0.3 is 0 Å². The largest absolute Gasteiger partial charge is 0.370 e. The summed E-state index contributed by atoms with van der Waals surface area (Å²) >= 11 is 7.36. The van der Waals surface area contributed by atoms with E-state index >= 15 is 0 Å². The minimum atomic E-state index is 0.635. The fourth-order valence-corrected chi connectivity index (χ4v) is 2.66. The third-order valence-electron chi connectivity index (χ3n) is 2.51. The molecule has 0 fully saturated rings. The number of pyridine rings is 1. The molecule has 0 spiro atoms. The van der Waals surface area contributed by atoms with Crippen LogP contribution < -0.4 is 5.32 Å². The summed E-state index contributed by atoms with van der Waals surface area (Å²) in [6.45, 7) is 4.99. The van der Waals surface area contributed by atoms with Crippen LogP contribution in [0.15, 0.2) is 34.7 Å². The third kappa shape index (κ3) is 3.58. The van der Waals surface area contributed by atoms with Gasteiger partial charge in [-0.25, -0.2) is 15.0 Å². The SMILES string of the molecule is CCNc1ncnc(Sc2ccc(Cl)cn2)c1CC. The Morgan fingerprint density at radius 1 is 1.21 bits per heavy atom. The van der Waals surface area contributed by atoms with Gasteiger partial charge in [-0.2, -0.15) is 0 Å². The van der Waals surface area contributed by atoms with Crippen LogP contribution in [0.1, 0.15) is 19.4 Å². The standard InChI is InChI=1S/C13H15ClN4S/c1-3-10-12(15-4-2)17-8-18-13(10)19-11-6-5-9(14)7-16-11/h5-8H,3-4H2,1-2H3,(H,15,17,18). The molecular formula is C13H15ClN4S. The molecule has 2 aromatic rings. The summed E-state index contributed by atoms with van der Waals surface area (Å²) in [5, 5.41) is 5.70. The number of hydrogen-bond donors (Lipinski definition) is 1. The van der Waals surface area contributed by atoms with E-state index in [1.54, 1.807) is 12.5 Å². The van der Waals surface area contributed by atoms with Crippen molar-refractivity contribution >= 4 is 29.2 Å². The summed E-state index contributed by atoms with van der Waals surface area (Å²) in [6.07, 6.45) is 4.09. The summed E-state index contributed by atoms with van der Waals surface area (Å²) in [7, 11) is 0. The lowest BCUT2D eigenvalue weighted by Crippen LogP contribution is -2.05. The van der Waals surface area contributed by atoms with Crippen molar-refractivity contribution in [3.8, 4) is 0 Å². The molecule has 0 aliphatic rings. The zero-order valence-corrected chi connectivity index (χ0v) is 12.4. The van der Waals surface area contributed by atoms with Gasteiger partial charge in [0.05, 0.1) is 5.02 Å². The van der Waals surface area contributed by atoms with Crippen molar-refractivity contribution in [3.05, 3.63) is 35.2 Å². The van der Waals surface area contributed by atoms with Crippen molar-refractivity contribution < 1.29 is 0 Å². The van der Waals surface area contributed by atoms with Crippen molar-refractivity contribution in [2.24, 2.45) is 0 Å². The maximum atomic E-state index is 5.83. The molecule has 0 unspecified atom stereocenters. The van der Waals surface area contributed by atoms with Crippen LogP contribution in [0.4, 0.5) is 5.82 Å². The minimum Gasteiger partial charge on any atom is -0.370 e. The molecule has 0 amide bonds. The average Bonchev–Trinajstić information content (AvgIpc) is 2.42. The summed E-state index contributed by atoms with van der Waals surface area (Å²) in [6, 6.07) is 3.72. The molecule has 1 N–H and O–H groups in total. The first-order valence-corrected chi connectivity index (χ1v) is 7.31. The Bertz CT molecular complexity index is 545. The molecule has 2 heterocycles. The first-order valence-electron chi connectivity index (χ1n) is 6.11. The van der Waals surface area contributed by atoms with Crippen LogP contribution in [-0.4, -0.2) is 21.5 Å². The number of aromatic nitrogens is 3. The van der Waals surface area contributed by atoms with E-state index in [1.807, 2.05) is 12.1 Å². The Kier molecular flexibility index (Phi) is 4.99. The molecule has 0 atom stereocenters. The Morgan fingerprint density at radius 3 is 2.68 bits per heavy atom. The zero-order valence-electron chi connectivity index (χ0n) is 10.9. The van der Waals surface area contributed by atoms with Crippen LogP contribution in [0.3, 0.4) is 0 Å². The van der Waals surface area contributed by atoms with Crippen LogP contribution in [0, 0.1) is 0 Å². The fourth-order valence-electron chi connectivity index (χ4n) is 1.64. The molecule has 0 saturated heterocycles. The van der Waals surface area contributed by atoms with E-state index in [1.165, 1.54) is 11.8 Å². The summed E-state index contributed by atoms with van der Waals surface area (Å²) in [4.78, 5) is 12.9. The van der Waals surface area contributed by atoms with Crippen LogP contribution >= 0.6 is 23.4 Å². The van der Waals surface area contributed by atoms with E-state index in [4.69, 9.17) is 11.6 Å². The highest BCUT2D eigenvalue weighted by atomic mass is 35.5. The normalized spacial score (nSPS) is 10.5. The van der Waals surface area contributed by atoms with Crippen molar-refractivity contribution in [2.75, 3.05) is 11.9 Å². The molecule has 0 aliphatic heterocycles. The maximum absolute atomic E-state index is 5.83. The highest BCUT2D eigenvalue weighted by Gasteiger charge is 2.11. The molecule has 0 aromatic carbocycles. The Hall–Kier alpha value is -1.33. The first kappa shape index (κ1) is 14.1. The minimum absolute atomic E-state index is 0.635. The molecule has 100 valence electrons. The van der Waals surface area contributed by atoms with Crippen LogP contribution in [0.2, 0.25) is 5.02 Å². The number of halogens is 1. The second-order valence-corrected chi connectivity index (χ2v) is 5.25. The lowest BCUT2D eigenvalue weighted by molar-refractivity contribution is 0.934. The van der Waals surface area contributed by atoms with E-state index in [9.17, 15) is 0 Å². The number of rotatable bonds is 5. The predicted octanol–water partition coefficient (Wildman–Crippen LogP) is 3.67. The Morgan fingerprint density at radius 2 is 2.05 bits per heavy atom. The second kappa shape index (κ2) is 6.73. The van der Waals surface area contributed by atoms with Crippen molar-refractivity contribution in [1.82, 2.24) is 15.0 Å². The van der Waals surface area contributed by atoms with Gasteiger partial charge in [0, 0.05) is 18.3 Å². The van der Waals surface area contributed by atoms with Crippen LogP contribution in [0.25, 0.3) is 0 Å². The molecule has 0 bridgehead atoms. The Labute approximate surface area is 122 Å². The second-order valence-electron chi connectivity index (χ2n) is 3.81. The van der Waals surface area contributed by atoms with E-state index < -0.39 is 0 Å². The Balaban J connectivity index is 2.28. The zero-order chi connectivity index (χ0) is 13.7. The topological polar surface area (TPSA) is 50.7 Å². The maximum Gasteiger partial charge on any atom is 0.133 e. The summed E-state index contributed by atoms with van der Waals surface area (Å²) < 4.78 is 0. The van der Waals surface area contributed by atoms with Gasteiger partial charge in [0.2, 0.25) is 0 Å². The number of hydrogen-bond acceptors (Lipinski definition) is 5. The predicted molar refractivity (Wildman–Crippen MR) is 78.9 cm³/mol. The van der Waals surface area contributed by atoms with Crippen LogP contribution in [0.5, 0.6) is 0 Å². The number of anilines is 1. The van der Waals surface area contributed by atoms with Gasteiger partial charge in [-0.15, -0.1) is 0 Å². The lowest BCUT2D eigenvalue weighted by Gasteiger charge is -2.11. The highest BCUT2D eigenvalue weighted by molar-refractivity contribution is 7.99. The van der Waals surface area contributed by atoms with Gasteiger partial charge in [-0.1, -0.05) is 18.5 Å². The molecule has 19 heavy (non-hydrogen) atoms. The van der Waals surface area contributed by atoms with Gasteiger partial charge in [0.15, 0.2) is 0 Å². The van der Waals surface area contributed by atoms with E-state index in [2.05, 4.69) is 34.1 Å². The molecule has 4 nitrogen and oxygen atoms in total. The van der Waals surface area contributed by atoms with E-state index in [-0.39, 0.29) is 0 Å². The molecule has 0 saturated carbocycles. The van der Waals surface area contributed by atoms with Gasteiger partial charge < -0.3 is 5.32 Å². The quantitative estimate of drug-likeness (QED) is 0.853. The molecule has 2 aromatic heterocycles. The third-order valence-corrected chi connectivity index (χ3v) is 3.72. The smallest absolute Gasteiger partial charge is 0.133 e. The average molecular weight is 295 g/mol. The summed E-state index contributed by atoms with van der Waals surface area (Å²) in [5.74, 6) is 0.900. The molecule has 6 heteroatoms. The van der Waals surface area contributed by atoms with Crippen molar-refractivity contribution in [3.63, 3.8) is 0 Å². The van der Waals surface area contributed by atoms with Gasteiger partial charge in [0.25, 0.3) is 0 Å². The highest BCUT2D eigenvalue weighted by Crippen LogP contribution is 2.30. The van der Waals surface area contributed by atoms with Crippen molar-refractivity contribution in [1.29, 1.82) is 0 Å². The fraction of sp³-hybridized carbons (Fsp3) is 0.308. The molecule has 0 aliphatic carbocycles. The van der Waals surface area contributed by atoms with E-state index in [0.29, 0.717) is 5.02 Å². The number of nitrogens with zero attached hydrogens (tertiary/aromatic N) is 3. The van der Waals surface area contributed by atoms with Crippen LogP contribution in [-0.2, 0) is 6.42 Å². The number of nitrogens with one attached hydrogen (secondary N) is 1.